The molecule has 0 fully saturated rings. The summed E-state index contributed by atoms with van der Waals surface area (Å²) in [5, 5.41) is 3.99. The molecule has 3 N–H and O–H groups in total. The summed E-state index contributed by atoms with van der Waals surface area (Å²) in [6.07, 6.45) is 0. The molecule has 2 aromatic rings. The van der Waals surface area contributed by atoms with Crippen molar-refractivity contribution in [2.75, 3.05) is 18.2 Å². The summed E-state index contributed by atoms with van der Waals surface area (Å²) in [4.78, 5) is 0. The molecule has 0 spiro atoms. The van der Waals surface area contributed by atoms with Gasteiger partial charge in [-0.1, -0.05) is 23.2 Å². The molecule has 0 aliphatic heterocycles. The third-order valence-corrected chi connectivity index (χ3v) is 2.90. The second kappa shape index (κ2) is 5.55. The van der Waals surface area contributed by atoms with Crippen molar-refractivity contribution in [1.29, 1.82) is 0 Å². The van der Waals surface area contributed by atoms with Gasteiger partial charge in [-0.15, -0.1) is 0 Å². The summed E-state index contributed by atoms with van der Waals surface area (Å²) in [7, 11) is 1.38. The van der Waals surface area contributed by atoms with Crippen LogP contribution in [0.3, 0.4) is 0 Å². The fourth-order valence-corrected chi connectivity index (χ4v) is 2.14. The Balaban J connectivity index is 2.37. The average Bonchev–Trinajstić information content (AvgIpc) is 2.31. The molecule has 2 rings (SSSR count). The SMILES string of the molecule is COc1cc(Nc2cc(Cl)cc(Cl)c2)c(N)cc1F. The highest BCUT2D eigenvalue weighted by molar-refractivity contribution is 6.35. The van der Waals surface area contributed by atoms with Gasteiger partial charge in [-0.05, 0) is 18.2 Å². The normalized spacial score (nSPS) is 10.3. The summed E-state index contributed by atoms with van der Waals surface area (Å²) in [6, 6.07) is 7.64. The molecule has 100 valence electrons. The Bertz CT molecular complexity index is 600. The highest BCUT2D eigenvalue weighted by Gasteiger charge is 2.09. The molecular weight excluding hydrogens is 290 g/mol. The Hall–Kier alpha value is -1.65. The molecule has 0 aromatic heterocycles. The van der Waals surface area contributed by atoms with Crippen LogP contribution in [0.5, 0.6) is 5.75 Å². The van der Waals surface area contributed by atoms with Crippen molar-refractivity contribution in [2.24, 2.45) is 0 Å². The second-order valence-electron chi connectivity index (χ2n) is 3.86. The van der Waals surface area contributed by atoms with E-state index in [4.69, 9.17) is 33.7 Å². The first kappa shape index (κ1) is 13.8. The number of hydrogen-bond donors (Lipinski definition) is 2. The maximum absolute atomic E-state index is 13.4. The molecule has 0 saturated heterocycles. The molecule has 3 nitrogen and oxygen atoms in total. The lowest BCUT2D eigenvalue weighted by molar-refractivity contribution is 0.387. The van der Waals surface area contributed by atoms with Gasteiger partial charge in [0.2, 0.25) is 0 Å². The first-order chi connectivity index (χ1) is 8.99. The number of benzene rings is 2. The number of nitrogens with one attached hydrogen (secondary N) is 1. The van der Waals surface area contributed by atoms with E-state index in [0.717, 1.165) is 0 Å². The minimum atomic E-state index is -0.519. The maximum atomic E-state index is 13.4. The van der Waals surface area contributed by atoms with Crippen LogP contribution < -0.4 is 15.8 Å². The van der Waals surface area contributed by atoms with Crippen molar-refractivity contribution < 1.29 is 9.13 Å². The lowest BCUT2D eigenvalue weighted by atomic mass is 10.2. The number of anilines is 3. The average molecular weight is 301 g/mol. The highest BCUT2D eigenvalue weighted by Crippen LogP contribution is 2.32. The van der Waals surface area contributed by atoms with E-state index in [2.05, 4.69) is 5.32 Å². The predicted octanol–water partition coefficient (Wildman–Crippen LogP) is 4.47. The van der Waals surface area contributed by atoms with Crippen molar-refractivity contribution in [2.45, 2.75) is 0 Å². The standard InChI is InChI=1S/C13H11Cl2FN2O/c1-19-13-6-12(11(17)5-10(13)16)18-9-3-7(14)2-8(15)4-9/h2-6,18H,17H2,1H3. The third kappa shape index (κ3) is 3.22. The van der Waals surface area contributed by atoms with Gasteiger partial charge in [0.25, 0.3) is 0 Å². The molecule has 0 atom stereocenters. The number of hydrogen-bond acceptors (Lipinski definition) is 3. The van der Waals surface area contributed by atoms with Gasteiger partial charge in [-0.2, -0.15) is 0 Å². The van der Waals surface area contributed by atoms with Crippen LogP contribution in [0.2, 0.25) is 10.0 Å². The van der Waals surface area contributed by atoms with Gasteiger partial charge in [-0.3, -0.25) is 0 Å². The van der Waals surface area contributed by atoms with E-state index in [1.165, 1.54) is 19.2 Å². The van der Waals surface area contributed by atoms with Crippen molar-refractivity contribution >= 4 is 40.3 Å². The zero-order chi connectivity index (χ0) is 14.0. The van der Waals surface area contributed by atoms with Gasteiger partial charge in [0.05, 0.1) is 18.5 Å². The molecule has 0 bridgehead atoms. The largest absolute Gasteiger partial charge is 0.494 e. The first-order valence-corrected chi connectivity index (χ1v) is 6.11. The Kier molecular flexibility index (Phi) is 4.02. The van der Waals surface area contributed by atoms with Crippen molar-refractivity contribution in [3.8, 4) is 5.75 Å². The molecular formula is C13H11Cl2FN2O. The molecule has 0 amide bonds. The fraction of sp³-hybridized carbons (Fsp3) is 0.0769. The quantitative estimate of drug-likeness (QED) is 0.822. The molecule has 0 aliphatic rings. The summed E-state index contributed by atoms with van der Waals surface area (Å²) in [6.45, 7) is 0. The number of methoxy groups -OCH3 is 1. The van der Waals surface area contributed by atoms with Crippen LogP contribution in [0, 0.1) is 5.82 Å². The van der Waals surface area contributed by atoms with E-state index in [9.17, 15) is 4.39 Å². The van der Waals surface area contributed by atoms with Crippen LogP contribution in [0.1, 0.15) is 0 Å². The zero-order valence-corrected chi connectivity index (χ0v) is 11.5. The minimum absolute atomic E-state index is 0.102. The Morgan fingerprint density at radius 3 is 2.32 bits per heavy atom. The highest BCUT2D eigenvalue weighted by atomic mass is 35.5. The van der Waals surface area contributed by atoms with Gasteiger partial charge >= 0.3 is 0 Å². The Morgan fingerprint density at radius 1 is 1.11 bits per heavy atom. The van der Waals surface area contributed by atoms with Gasteiger partial charge in [0.15, 0.2) is 11.6 Å². The van der Waals surface area contributed by atoms with Crippen molar-refractivity contribution in [3.05, 3.63) is 46.2 Å². The molecule has 0 saturated carbocycles. The smallest absolute Gasteiger partial charge is 0.167 e. The minimum Gasteiger partial charge on any atom is -0.494 e. The van der Waals surface area contributed by atoms with E-state index in [1.54, 1.807) is 18.2 Å². The Labute approximate surface area is 120 Å². The van der Waals surface area contributed by atoms with Crippen molar-refractivity contribution in [1.82, 2.24) is 0 Å². The lowest BCUT2D eigenvalue weighted by Gasteiger charge is -2.12. The van der Waals surface area contributed by atoms with Crippen molar-refractivity contribution in [3.63, 3.8) is 0 Å². The first-order valence-electron chi connectivity index (χ1n) is 5.35. The van der Waals surface area contributed by atoms with Crippen LogP contribution in [0.25, 0.3) is 0 Å². The second-order valence-corrected chi connectivity index (χ2v) is 4.73. The molecule has 0 heterocycles. The number of rotatable bonds is 3. The fourth-order valence-electron chi connectivity index (χ4n) is 1.61. The van der Waals surface area contributed by atoms with E-state index >= 15 is 0 Å². The molecule has 0 unspecified atom stereocenters. The molecule has 6 heteroatoms. The number of halogens is 3. The van der Waals surface area contributed by atoms with Crippen LogP contribution in [0.4, 0.5) is 21.5 Å². The van der Waals surface area contributed by atoms with E-state index in [-0.39, 0.29) is 11.4 Å². The van der Waals surface area contributed by atoms with Gasteiger partial charge in [0.1, 0.15) is 0 Å². The predicted molar refractivity (Wildman–Crippen MR) is 77.1 cm³/mol. The Morgan fingerprint density at radius 2 is 1.74 bits per heavy atom. The molecule has 19 heavy (non-hydrogen) atoms. The van der Waals surface area contributed by atoms with E-state index in [1.807, 2.05) is 0 Å². The van der Waals surface area contributed by atoms with Crippen LogP contribution in [0.15, 0.2) is 30.3 Å². The number of ether oxygens (including phenoxy) is 1. The summed E-state index contributed by atoms with van der Waals surface area (Å²) < 4.78 is 18.3. The summed E-state index contributed by atoms with van der Waals surface area (Å²) in [5.41, 5.74) is 7.17. The topological polar surface area (TPSA) is 47.3 Å². The third-order valence-electron chi connectivity index (χ3n) is 2.47. The summed E-state index contributed by atoms with van der Waals surface area (Å²) in [5.74, 6) is -0.417. The molecule has 0 aliphatic carbocycles. The van der Waals surface area contributed by atoms with Gasteiger partial charge < -0.3 is 15.8 Å². The van der Waals surface area contributed by atoms with Crippen LogP contribution in [-0.2, 0) is 0 Å². The lowest BCUT2D eigenvalue weighted by Crippen LogP contribution is -1.99. The van der Waals surface area contributed by atoms with Crippen LogP contribution in [-0.4, -0.2) is 7.11 Å². The van der Waals surface area contributed by atoms with E-state index < -0.39 is 5.82 Å². The van der Waals surface area contributed by atoms with Gasteiger partial charge in [0, 0.05) is 27.9 Å². The van der Waals surface area contributed by atoms with Crippen LogP contribution >= 0.6 is 23.2 Å². The monoisotopic (exact) mass is 300 g/mol. The van der Waals surface area contributed by atoms with Gasteiger partial charge in [-0.25, -0.2) is 4.39 Å². The number of nitrogens with two attached hydrogens (primary N) is 1. The summed E-state index contributed by atoms with van der Waals surface area (Å²) >= 11 is 11.8. The maximum Gasteiger partial charge on any atom is 0.167 e. The number of nitrogen functional groups attached to an aromatic ring is 1. The molecule has 2 aromatic carbocycles. The van der Waals surface area contributed by atoms with E-state index in [0.29, 0.717) is 21.4 Å². The molecule has 0 radical (unpaired) electrons. The zero-order valence-electron chi connectivity index (χ0n) is 10.0.